The molecule has 0 aliphatic rings. The molecule has 5 atom stereocenters. The van der Waals surface area contributed by atoms with Gasteiger partial charge in [-0.3, -0.25) is 0 Å². The first-order valence-corrected chi connectivity index (χ1v) is 13.9. The lowest BCUT2D eigenvalue weighted by Gasteiger charge is -2.20. The Morgan fingerprint density at radius 2 is 0.833 bits per heavy atom. The zero-order chi connectivity index (χ0) is 23.2. The van der Waals surface area contributed by atoms with Crippen LogP contribution in [0.1, 0.15) is 152 Å². The summed E-state index contributed by atoms with van der Waals surface area (Å²) in [5.41, 5.74) is 0. The highest BCUT2D eigenvalue weighted by molar-refractivity contribution is 4.64. The summed E-state index contributed by atoms with van der Waals surface area (Å²) in [5, 5.41) is 8.65. The number of hydrogen-bond donors (Lipinski definition) is 1. The first-order valence-electron chi connectivity index (χ1n) is 13.9. The highest BCUT2D eigenvalue weighted by atomic mass is 16.2. The molecule has 0 rings (SSSR count). The van der Waals surface area contributed by atoms with Crippen molar-refractivity contribution in [3.63, 3.8) is 0 Å². The molecule has 0 amide bonds. The quantitative estimate of drug-likeness (QED) is 0.204. The average molecular weight is 427 g/mol. The van der Waals surface area contributed by atoms with Crippen LogP contribution in [-0.2, 0) is 0 Å². The zero-order valence-corrected chi connectivity index (χ0v) is 22.6. The van der Waals surface area contributed by atoms with Crippen LogP contribution in [0.4, 0.5) is 0 Å². The van der Waals surface area contributed by atoms with Gasteiger partial charge in [-0.1, -0.05) is 126 Å². The highest BCUT2D eigenvalue weighted by Crippen LogP contribution is 2.25. The summed E-state index contributed by atoms with van der Waals surface area (Å²) >= 11 is 0. The molecule has 0 spiro atoms. The summed E-state index contributed by atoms with van der Waals surface area (Å²) in [6.07, 6.45) is 20.2. The molecule has 1 nitrogen and oxygen atoms in total. The van der Waals surface area contributed by atoms with E-state index in [9.17, 15) is 0 Å². The largest absolute Gasteiger partial charge is 0.396 e. The van der Waals surface area contributed by atoms with Gasteiger partial charge in [0.1, 0.15) is 0 Å². The summed E-state index contributed by atoms with van der Waals surface area (Å²) < 4.78 is 0. The molecule has 1 N–H and O–H groups in total. The molecule has 0 aromatic carbocycles. The number of hydrogen-bond acceptors (Lipinski definition) is 1. The molecule has 5 unspecified atom stereocenters. The van der Waals surface area contributed by atoms with Crippen LogP contribution < -0.4 is 0 Å². The second-order valence-corrected chi connectivity index (χ2v) is 10.9. The third kappa shape index (κ3) is 24.2. The summed E-state index contributed by atoms with van der Waals surface area (Å²) in [6, 6.07) is 0. The van der Waals surface area contributed by atoms with E-state index in [2.05, 4.69) is 55.4 Å². The van der Waals surface area contributed by atoms with Crippen molar-refractivity contribution in [3.8, 4) is 0 Å². The van der Waals surface area contributed by atoms with Crippen molar-refractivity contribution in [3.05, 3.63) is 0 Å². The van der Waals surface area contributed by atoms with Crippen LogP contribution in [-0.4, -0.2) is 11.7 Å². The molecule has 0 aliphatic heterocycles. The molecular formula is C29H62O. The second-order valence-electron chi connectivity index (χ2n) is 10.9. The fourth-order valence-corrected chi connectivity index (χ4v) is 5.14. The van der Waals surface area contributed by atoms with E-state index < -0.39 is 0 Å². The van der Waals surface area contributed by atoms with Crippen molar-refractivity contribution >= 4 is 0 Å². The summed E-state index contributed by atoms with van der Waals surface area (Å²) in [6.45, 7) is 19.3. The third-order valence-electron chi connectivity index (χ3n) is 6.63. The topological polar surface area (TPSA) is 20.2 Å². The summed E-state index contributed by atoms with van der Waals surface area (Å²) in [4.78, 5) is 0. The molecule has 0 heterocycles. The number of unbranched alkanes of at least 4 members (excludes halogenated alkanes) is 4. The van der Waals surface area contributed by atoms with Crippen LogP contribution in [0.2, 0.25) is 0 Å². The van der Waals surface area contributed by atoms with Gasteiger partial charge in [-0.05, 0) is 55.3 Å². The van der Waals surface area contributed by atoms with Gasteiger partial charge in [0.05, 0.1) is 0 Å². The van der Waals surface area contributed by atoms with Gasteiger partial charge in [-0.15, -0.1) is 0 Å². The molecule has 0 radical (unpaired) electrons. The Hall–Kier alpha value is -0.0400. The molecular weight excluding hydrogens is 364 g/mol. The lowest BCUT2D eigenvalue weighted by Crippen LogP contribution is -2.07. The smallest absolute Gasteiger partial charge is 0.0431 e. The van der Waals surface area contributed by atoms with E-state index in [4.69, 9.17) is 5.11 Å². The summed E-state index contributed by atoms with van der Waals surface area (Å²) in [7, 11) is 0. The van der Waals surface area contributed by atoms with Crippen molar-refractivity contribution in [2.45, 2.75) is 152 Å². The Labute approximate surface area is 193 Å². The molecule has 0 fully saturated rings. The minimum atomic E-state index is 0.362. The molecule has 0 aromatic heterocycles. The van der Waals surface area contributed by atoms with E-state index in [0.29, 0.717) is 6.61 Å². The molecule has 30 heavy (non-hydrogen) atoms. The minimum absolute atomic E-state index is 0.362. The van der Waals surface area contributed by atoms with Crippen LogP contribution in [0.5, 0.6) is 0 Å². The maximum absolute atomic E-state index is 8.65. The van der Waals surface area contributed by atoms with E-state index in [0.717, 1.165) is 36.0 Å². The van der Waals surface area contributed by atoms with Gasteiger partial charge in [0.25, 0.3) is 0 Å². The molecule has 0 bridgehead atoms. The predicted octanol–water partition coefficient (Wildman–Crippen LogP) is 10.1. The molecule has 0 aliphatic carbocycles. The van der Waals surface area contributed by atoms with Crippen molar-refractivity contribution < 1.29 is 5.11 Å². The van der Waals surface area contributed by atoms with Crippen LogP contribution in [0.25, 0.3) is 0 Å². The standard InChI is InChI=1S/C16H34.C13H28O/c1-6-8-9-11-15(4)13-16(5)12-14(3)10-7-2;1-4-8-12(2)11-13(3)9-6-5-7-10-14/h14-16H,6-13H2,1-5H3;12-14H,4-11H2,1-3H3. The van der Waals surface area contributed by atoms with Crippen LogP contribution in [0.3, 0.4) is 0 Å². The van der Waals surface area contributed by atoms with E-state index in [-0.39, 0.29) is 0 Å². The molecule has 184 valence electrons. The van der Waals surface area contributed by atoms with Gasteiger partial charge in [0, 0.05) is 6.61 Å². The monoisotopic (exact) mass is 426 g/mol. The van der Waals surface area contributed by atoms with Crippen LogP contribution in [0, 0.1) is 29.6 Å². The molecule has 0 saturated carbocycles. The maximum atomic E-state index is 8.65. The first-order chi connectivity index (χ1) is 14.3. The van der Waals surface area contributed by atoms with Crippen molar-refractivity contribution in [1.82, 2.24) is 0 Å². The van der Waals surface area contributed by atoms with Gasteiger partial charge in [-0.2, -0.15) is 0 Å². The summed E-state index contributed by atoms with van der Waals surface area (Å²) in [5.74, 6) is 4.57. The minimum Gasteiger partial charge on any atom is -0.396 e. The van der Waals surface area contributed by atoms with Gasteiger partial charge in [0.15, 0.2) is 0 Å². The lowest BCUT2D eigenvalue weighted by atomic mass is 9.86. The Kier molecular flexibility index (Phi) is 25.3. The fourth-order valence-electron chi connectivity index (χ4n) is 5.14. The second kappa shape index (κ2) is 23.6. The Balaban J connectivity index is 0. The van der Waals surface area contributed by atoms with E-state index in [1.54, 1.807) is 0 Å². The SMILES string of the molecule is CCCC(C)CC(C)CCCCCO.CCCCCC(C)CC(C)CC(C)CCC. The van der Waals surface area contributed by atoms with Gasteiger partial charge < -0.3 is 5.11 Å². The predicted molar refractivity (Wildman–Crippen MR) is 139 cm³/mol. The Bertz CT molecular complexity index is 313. The van der Waals surface area contributed by atoms with E-state index in [1.807, 2.05) is 0 Å². The molecule has 0 aromatic rings. The van der Waals surface area contributed by atoms with Crippen molar-refractivity contribution in [2.24, 2.45) is 29.6 Å². The number of aliphatic hydroxyl groups excluding tert-OH is 1. The number of aliphatic hydroxyl groups is 1. The highest BCUT2D eigenvalue weighted by Gasteiger charge is 2.12. The van der Waals surface area contributed by atoms with Gasteiger partial charge >= 0.3 is 0 Å². The normalized spacial score (nSPS) is 16.3. The van der Waals surface area contributed by atoms with Gasteiger partial charge in [-0.25, -0.2) is 0 Å². The van der Waals surface area contributed by atoms with E-state index in [1.165, 1.54) is 89.9 Å². The van der Waals surface area contributed by atoms with Crippen LogP contribution >= 0.6 is 0 Å². The maximum Gasteiger partial charge on any atom is 0.0431 e. The van der Waals surface area contributed by atoms with Crippen molar-refractivity contribution in [1.29, 1.82) is 0 Å². The Morgan fingerprint density at radius 3 is 1.23 bits per heavy atom. The fraction of sp³-hybridized carbons (Fsp3) is 1.00. The zero-order valence-electron chi connectivity index (χ0n) is 22.6. The molecule has 0 saturated heterocycles. The third-order valence-corrected chi connectivity index (χ3v) is 6.63. The first kappa shape index (κ1) is 32.1. The van der Waals surface area contributed by atoms with Crippen molar-refractivity contribution in [2.75, 3.05) is 6.61 Å². The number of rotatable bonds is 19. The van der Waals surface area contributed by atoms with Gasteiger partial charge in [0.2, 0.25) is 0 Å². The average Bonchev–Trinajstić information content (AvgIpc) is 2.66. The lowest BCUT2D eigenvalue weighted by molar-refractivity contribution is 0.278. The Morgan fingerprint density at radius 1 is 0.433 bits per heavy atom. The van der Waals surface area contributed by atoms with E-state index >= 15 is 0 Å². The van der Waals surface area contributed by atoms with Crippen LogP contribution in [0.15, 0.2) is 0 Å². The molecule has 1 heteroatoms.